The molecule has 0 aliphatic carbocycles. The Labute approximate surface area is 140 Å². The third kappa shape index (κ3) is 3.17. The number of primary sulfonamides is 1. The molecule has 0 radical (unpaired) electrons. The van der Waals surface area contributed by atoms with Gasteiger partial charge in [-0.1, -0.05) is 24.4 Å². The molecule has 24 heavy (non-hydrogen) atoms. The second-order valence-electron chi connectivity index (χ2n) is 5.33. The van der Waals surface area contributed by atoms with Crippen molar-refractivity contribution in [3.8, 4) is 0 Å². The normalized spacial score (nSPS) is 15.1. The number of hydrazone groups is 1. The molecular formula is C15H15BN4O3S. The monoisotopic (exact) mass is 342 g/mol. The maximum absolute atomic E-state index is 12.1. The molecule has 0 saturated carbocycles. The van der Waals surface area contributed by atoms with Crippen molar-refractivity contribution in [1.29, 1.82) is 0 Å². The molecule has 1 heterocycles. The molecule has 122 valence electrons. The highest BCUT2D eigenvalue weighted by Crippen LogP contribution is 2.22. The van der Waals surface area contributed by atoms with Crippen LogP contribution in [-0.4, -0.2) is 27.3 Å². The van der Waals surface area contributed by atoms with Crippen LogP contribution in [0.5, 0.6) is 0 Å². The van der Waals surface area contributed by atoms with Gasteiger partial charge in [0.2, 0.25) is 10.0 Å². The van der Waals surface area contributed by atoms with E-state index in [0.717, 1.165) is 24.0 Å². The number of nitrogens with one attached hydrogen (secondary N) is 2. The van der Waals surface area contributed by atoms with Crippen molar-refractivity contribution in [3.05, 3.63) is 48.0 Å². The molecule has 9 heteroatoms. The van der Waals surface area contributed by atoms with Gasteiger partial charge in [-0.3, -0.25) is 10.2 Å². The first kappa shape index (κ1) is 16.2. The molecule has 1 aliphatic heterocycles. The van der Waals surface area contributed by atoms with Crippen LogP contribution in [0, 0.1) is 0 Å². The molecular weight excluding hydrogens is 327 g/mol. The Morgan fingerprint density at radius 2 is 1.88 bits per heavy atom. The molecule has 0 saturated heterocycles. The zero-order valence-corrected chi connectivity index (χ0v) is 13.7. The number of carbonyl (C=O) groups is 1. The van der Waals surface area contributed by atoms with E-state index in [4.69, 9.17) is 5.14 Å². The zero-order chi connectivity index (χ0) is 17.3. The lowest BCUT2D eigenvalue weighted by atomic mass is 9.73. The molecule has 7 nitrogen and oxygen atoms in total. The molecule has 1 aliphatic rings. The lowest BCUT2D eigenvalue weighted by Crippen LogP contribution is -2.17. The lowest BCUT2D eigenvalue weighted by molar-refractivity contribution is -0.110. The Kier molecular flexibility index (Phi) is 4.12. The van der Waals surface area contributed by atoms with Gasteiger partial charge in [0.25, 0.3) is 5.91 Å². The molecule has 0 fully saturated rings. The van der Waals surface area contributed by atoms with Crippen LogP contribution in [0.1, 0.15) is 5.56 Å². The van der Waals surface area contributed by atoms with Gasteiger partial charge in [-0.15, -0.1) is 0 Å². The number of fused-ring (bicyclic) bond motifs is 1. The summed E-state index contributed by atoms with van der Waals surface area (Å²) < 4.78 is 22.5. The molecule has 0 spiro atoms. The maximum Gasteiger partial charge on any atom is 0.276 e. The SMILES string of the molecule is CBc1ccc2c(c1)/C(=N/Nc1ccc(S(N)(=O)=O)cc1)C(=O)N2. The van der Waals surface area contributed by atoms with E-state index in [1.165, 1.54) is 24.3 Å². The number of benzene rings is 2. The van der Waals surface area contributed by atoms with E-state index in [1.54, 1.807) is 0 Å². The average Bonchev–Trinajstić information content (AvgIpc) is 2.87. The van der Waals surface area contributed by atoms with E-state index >= 15 is 0 Å². The van der Waals surface area contributed by atoms with E-state index in [2.05, 4.69) is 15.8 Å². The number of rotatable bonds is 4. The summed E-state index contributed by atoms with van der Waals surface area (Å²) in [6.07, 6.45) is 0. The Morgan fingerprint density at radius 1 is 1.17 bits per heavy atom. The van der Waals surface area contributed by atoms with Crippen molar-refractivity contribution in [1.82, 2.24) is 0 Å². The topological polar surface area (TPSA) is 114 Å². The second-order valence-corrected chi connectivity index (χ2v) is 6.89. The molecule has 3 rings (SSSR count). The minimum Gasteiger partial charge on any atom is -0.320 e. The van der Waals surface area contributed by atoms with Crippen molar-refractivity contribution in [2.24, 2.45) is 10.2 Å². The van der Waals surface area contributed by atoms with Gasteiger partial charge >= 0.3 is 0 Å². The molecule has 2 aromatic rings. The Hall–Kier alpha value is -2.65. The summed E-state index contributed by atoms with van der Waals surface area (Å²) >= 11 is 0. The van der Waals surface area contributed by atoms with E-state index in [1.807, 2.05) is 25.0 Å². The molecule has 4 N–H and O–H groups in total. The van der Waals surface area contributed by atoms with Crippen LogP contribution in [-0.2, 0) is 14.8 Å². The van der Waals surface area contributed by atoms with E-state index in [9.17, 15) is 13.2 Å². The van der Waals surface area contributed by atoms with E-state index < -0.39 is 10.0 Å². The molecule has 2 aromatic carbocycles. The number of nitrogens with two attached hydrogens (primary N) is 1. The maximum atomic E-state index is 12.1. The van der Waals surface area contributed by atoms with E-state index in [0.29, 0.717) is 5.69 Å². The van der Waals surface area contributed by atoms with Crippen LogP contribution in [0.15, 0.2) is 52.5 Å². The Morgan fingerprint density at radius 3 is 2.50 bits per heavy atom. The number of hydrogen-bond donors (Lipinski definition) is 3. The number of hydrogen-bond acceptors (Lipinski definition) is 5. The fourth-order valence-electron chi connectivity index (χ4n) is 2.37. The fraction of sp³-hybridized carbons (Fsp3) is 0.0667. The summed E-state index contributed by atoms with van der Waals surface area (Å²) in [7, 11) is -2.88. The van der Waals surface area contributed by atoms with Gasteiger partial charge in [-0.25, -0.2) is 13.6 Å². The highest BCUT2D eigenvalue weighted by Gasteiger charge is 2.26. The van der Waals surface area contributed by atoms with Crippen LogP contribution in [0.2, 0.25) is 6.82 Å². The van der Waals surface area contributed by atoms with Gasteiger partial charge in [0.1, 0.15) is 0 Å². The van der Waals surface area contributed by atoms with Gasteiger partial charge in [-0.05, 0) is 30.3 Å². The summed E-state index contributed by atoms with van der Waals surface area (Å²) in [5, 5.41) is 12.0. The van der Waals surface area contributed by atoms with Gasteiger partial charge in [-0.2, -0.15) is 5.10 Å². The van der Waals surface area contributed by atoms with Crippen LogP contribution >= 0.6 is 0 Å². The third-order valence-corrected chi connectivity index (χ3v) is 4.62. The van der Waals surface area contributed by atoms with Gasteiger partial charge in [0, 0.05) is 5.56 Å². The molecule has 1 amide bonds. The molecule has 0 atom stereocenters. The van der Waals surface area contributed by atoms with Crippen molar-refractivity contribution < 1.29 is 13.2 Å². The standard InChI is InChI=1S/C15H15BN4O3S/c1-16-9-2-7-13-12(8-9)14(15(21)18-13)20-19-10-3-5-11(6-4-10)24(17,22)23/h2-8,16,19H,1H3,(H2,17,22,23)(H,18,20,21). The number of amides is 1. The number of nitrogens with zero attached hydrogens (tertiary/aromatic N) is 1. The van der Waals surface area contributed by atoms with Gasteiger partial charge in [0.05, 0.1) is 16.3 Å². The molecule has 0 unspecified atom stereocenters. The quantitative estimate of drug-likeness (QED) is 0.544. The molecule has 0 aromatic heterocycles. The van der Waals surface area contributed by atoms with Crippen molar-refractivity contribution in [2.45, 2.75) is 11.7 Å². The van der Waals surface area contributed by atoms with Crippen LogP contribution in [0.3, 0.4) is 0 Å². The minimum absolute atomic E-state index is 0.0113. The summed E-state index contributed by atoms with van der Waals surface area (Å²) in [5.74, 6) is -0.285. The van der Waals surface area contributed by atoms with E-state index in [-0.39, 0.29) is 16.5 Å². The predicted molar refractivity (Wildman–Crippen MR) is 95.7 cm³/mol. The highest BCUT2D eigenvalue weighted by molar-refractivity contribution is 7.89. The predicted octanol–water partition coefficient (Wildman–Crippen LogP) is 0.212. The lowest BCUT2D eigenvalue weighted by Gasteiger charge is -2.04. The summed E-state index contributed by atoms with van der Waals surface area (Å²) in [5.41, 5.74) is 6.17. The van der Waals surface area contributed by atoms with Gasteiger partial charge in [0.15, 0.2) is 13.0 Å². The summed E-state index contributed by atoms with van der Waals surface area (Å²) in [6, 6.07) is 11.5. The minimum atomic E-state index is -3.73. The number of sulfonamides is 1. The smallest absolute Gasteiger partial charge is 0.276 e. The summed E-state index contributed by atoms with van der Waals surface area (Å²) in [6.45, 7) is 2.04. The molecule has 0 bridgehead atoms. The van der Waals surface area contributed by atoms with Crippen molar-refractivity contribution >= 4 is 45.8 Å². The first-order valence-corrected chi connectivity index (χ1v) is 8.84. The first-order chi connectivity index (χ1) is 11.4. The largest absolute Gasteiger partial charge is 0.320 e. The number of carbonyl (C=O) groups excluding carboxylic acids is 1. The highest BCUT2D eigenvalue weighted by atomic mass is 32.2. The zero-order valence-electron chi connectivity index (χ0n) is 12.9. The van der Waals surface area contributed by atoms with Crippen LogP contribution in [0.25, 0.3) is 0 Å². The van der Waals surface area contributed by atoms with Crippen molar-refractivity contribution in [3.63, 3.8) is 0 Å². The fourth-order valence-corrected chi connectivity index (χ4v) is 2.89. The average molecular weight is 342 g/mol. The van der Waals surface area contributed by atoms with Crippen LogP contribution in [0.4, 0.5) is 11.4 Å². The summed E-state index contributed by atoms with van der Waals surface area (Å²) in [4.78, 5) is 12.1. The van der Waals surface area contributed by atoms with Gasteiger partial charge < -0.3 is 5.32 Å². The first-order valence-electron chi connectivity index (χ1n) is 7.29. The second kappa shape index (κ2) is 6.10. The third-order valence-electron chi connectivity index (χ3n) is 3.69. The van der Waals surface area contributed by atoms with Crippen LogP contribution < -0.4 is 21.3 Å². The van der Waals surface area contributed by atoms with Crippen molar-refractivity contribution in [2.75, 3.05) is 10.7 Å². The Bertz CT molecular complexity index is 940. The Balaban J connectivity index is 1.86. The number of anilines is 2.